The Balaban J connectivity index is 2.52. The topological polar surface area (TPSA) is 29.3 Å². The molecule has 0 atom stereocenters. The van der Waals surface area contributed by atoms with Gasteiger partial charge in [0.25, 0.3) is 0 Å². The van der Waals surface area contributed by atoms with Gasteiger partial charge < -0.3 is 9.64 Å². The number of nitrogens with zero attached hydrogens (tertiary/aromatic N) is 1. The van der Waals surface area contributed by atoms with E-state index in [0.29, 0.717) is 0 Å². The van der Waals surface area contributed by atoms with Crippen molar-refractivity contribution in [3.8, 4) is 0 Å². The van der Waals surface area contributed by atoms with E-state index in [4.69, 9.17) is 0 Å². The van der Waals surface area contributed by atoms with Gasteiger partial charge in [-0.15, -0.1) is 0 Å². The van der Waals surface area contributed by atoms with Crippen molar-refractivity contribution in [3.63, 3.8) is 0 Å². The second kappa shape index (κ2) is 4.14. The lowest BCUT2D eigenvalue weighted by molar-refractivity contribution is -0.136. The van der Waals surface area contributed by atoms with E-state index in [1.807, 2.05) is 6.20 Å². The van der Waals surface area contributed by atoms with Crippen LogP contribution >= 0.6 is 0 Å². The first-order chi connectivity index (χ1) is 5.77. The van der Waals surface area contributed by atoms with Crippen molar-refractivity contribution in [2.24, 2.45) is 0 Å². The summed E-state index contributed by atoms with van der Waals surface area (Å²) >= 11 is 0. The maximum Gasteiger partial charge on any atom is 0.335 e. The summed E-state index contributed by atoms with van der Waals surface area (Å²) in [5, 5.41) is 0. The van der Waals surface area contributed by atoms with Gasteiger partial charge in [0.05, 0.1) is 12.7 Å². The van der Waals surface area contributed by atoms with Crippen molar-refractivity contribution in [2.75, 3.05) is 20.2 Å². The molecule has 0 saturated carbocycles. The van der Waals surface area contributed by atoms with Gasteiger partial charge >= 0.3 is 5.97 Å². The molecule has 0 radical (unpaired) electrons. The van der Waals surface area contributed by atoms with Crippen LogP contribution < -0.4 is 0 Å². The van der Waals surface area contributed by atoms with Crippen LogP contribution in [0.4, 0.5) is 0 Å². The molecule has 0 aromatic rings. The van der Waals surface area contributed by atoms with Crippen LogP contribution in [-0.2, 0) is 9.53 Å². The molecule has 3 nitrogen and oxygen atoms in total. The molecule has 1 heterocycles. The molecule has 1 rings (SSSR count). The molecule has 12 heavy (non-hydrogen) atoms. The van der Waals surface area contributed by atoms with Gasteiger partial charge in [-0.1, -0.05) is 13.3 Å². The average molecular weight is 169 g/mol. The van der Waals surface area contributed by atoms with Crippen LogP contribution in [0.5, 0.6) is 0 Å². The Morgan fingerprint density at radius 1 is 1.58 bits per heavy atom. The molecule has 0 bridgehead atoms. The molecule has 0 unspecified atom stereocenters. The van der Waals surface area contributed by atoms with Gasteiger partial charge in [0.2, 0.25) is 0 Å². The van der Waals surface area contributed by atoms with E-state index in [2.05, 4.69) is 16.6 Å². The summed E-state index contributed by atoms with van der Waals surface area (Å²) in [6.07, 6.45) is 3.70. The van der Waals surface area contributed by atoms with E-state index in [1.54, 1.807) is 0 Å². The maximum atomic E-state index is 11.1. The highest BCUT2D eigenvalue weighted by molar-refractivity contribution is 5.88. The number of esters is 1. The van der Waals surface area contributed by atoms with Gasteiger partial charge in [0.1, 0.15) is 0 Å². The summed E-state index contributed by atoms with van der Waals surface area (Å²) in [5.74, 6) is -0.191. The lowest BCUT2D eigenvalue weighted by atomic mass is 10.2. The lowest BCUT2D eigenvalue weighted by Gasteiger charge is -2.03. The zero-order valence-electron chi connectivity index (χ0n) is 7.67. The Labute approximate surface area is 73.0 Å². The largest absolute Gasteiger partial charge is 0.466 e. The molecule has 1 aliphatic heterocycles. The summed E-state index contributed by atoms with van der Waals surface area (Å²) in [5.41, 5.74) is 0.789. The van der Waals surface area contributed by atoms with Crippen LogP contribution in [0, 0.1) is 0 Å². The van der Waals surface area contributed by atoms with Gasteiger partial charge in [-0.25, -0.2) is 4.79 Å². The lowest BCUT2D eigenvalue weighted by Crippen LogP contribution is -2.06. The Kier molecular flexibility index (Phi) is 3.14. The molecule has 0 aromatic carbocycles. The SMILES string of the molecule is CCCC(=CN1CC1)C(=O)OC. The molecule has 1 saturated heterocycles. The zero-order chi connectivity index (χ0) is 8.97. The molecule has 0 spiro atoms. The van der Waals surface area contributed by atoms with Crippen molar-refractivity contribution in [2.45, 2.75) is 19.8 Å². The minimum Gasteiger partial charge on any atom is -0.466 e. The summed E-state index contributed by atoms with van der Waals surface area (Å²) in [6, 6.07) is 0. The second-order valence-electron chi connectivity index (χ2n) is 2.93. The van der Waals surface area contributed by atoms with Crippen molar-refractivity contribution in [3.05, 3.63) is 11.8 Å². The second-order valence-corrected chi connectivity index (χ2v) is 2.93. The minimum absolute atomic E-state index is 0.191. The predicted molar refractivity (Wildman–Crippen MR) is 46.6 cm³/mol. The van der Waals surface area contributed by atoms with E-state index in [9.17, 15) is 4.79 Å². The summed E-state index contributed by atoms with van der Waals surface area (Å²) in [6.45, 7) is 4.20. The highest BCUT2D eigenvalue weighted by atomic mass is 16.5. The van der Waals surface area contributed by atoms with E-state index in [1.165, 1.54) is 7.11 Å². The molecule has 68 valence electrons. The molecule has 0 aliphatic carbocycles. The molecule has 0 aromatic heterocycles. The normalized spacial score (nSPS) is 16.2. The fourth-order valence-corrected chi connectivity index (χ4v) is 1.03. The fraction of sp³-hybridized carbons (Fsp3) is 0.667. The van der Waals surface area contributed by atoms with Gasteiger partial charge in [-0.05, 0) is 6.42 Å². The van der Waals surface area contributed by atoms with Crippen LogP contribution in [-0.4, -0.2) is 31.1 Å². The van der Waals surface area contributed by atoms with Gasteiger partial charge in [0, 0.05) is 19.3 Å². The zero-order valence-corrected chi connectivity index (χ0v) is 7.67. The predicted octanol–water partition coefficient (Wildman–Crippen LogP) is 1.16. The van der Waals surface area contributed by atoms with Crippen LogP contribution in [0.25, 0.3) is 0 Å². The first-order valence-corrected chi connectivity index (χ1v) is 4.31. The van der Waals surface area contributed by atoms with E-state index >= 15 is 0 Å². The molecule has 0 N–H and O–H groups in total. The highest BCUT2D eigenvalue weighted by Crippen LogP contribution is 2.12. The first kappa shape index (κ1) is 9.10. The Morgan fingerprint density at radius 2 is 2.25 bits per heavy atom. The average Bonchev–Trinajstić information content (AvgIpc) is 2.86. The van der Waals surface area contributed by atoms with Crippen molar-refractivity contribution >= 4 is 5.97 Å². The molecule has 3 heteroatoms. The first-order valence-electron chi connectivity index (χ1n) is 4.31. The van der Waals surface area contributed by atoms with Crippen LogP contribution in [0.1, 0.15) is 19.8 Å². The Hall–Kier alpha value is -0.990. The monoisotopic (exact) mass is 169 g/mol. The van der Waals surface area contributed by atoms with Crippen LogP contribution in [0.15, 0.2) is 11.8 Å². The third-order valence-electron chi connectivity index (χ3n) is 1.79. The standard InChI is InChI=1S/C9H15NO2/c1-3-4-8(9(11)12-2)7-10-5-6-10/h7H,3-6H2,1-2H3. The number of rotatable bonds is 4. The number of carbonyl (C=O) groups excluding carboxylic acids is 1. The summed E-state index contributed by atoms with van der Waals surface area (Å²) < 4.78 is 4.66. The maximum absolute atomic E-state index is 11.1. The van der Waals surface area contributed by atoms with Crippen LogP contribution in [0.3, 0.4) is 0 Å². The molecule has 1 aliphatic rings. The summed E-state index contributed by atoms with van der Waals surface area (Å²) in [4.78, 5) is 13.2. The third kappa shape index (κ3) is 2.57. The molecule has 1 fully saturated rings. The summed E-state index contributed by atoms with van der Waals surface area (Å²) in [7, 11) is 1.42. The third-order valence-corrected chi connectivity index (χ3v) is 1.79. The number of methoxy groups -OCH3 is 1. The number of ether oxygens (including phenoxy) is 1. The van der Waals surface area contributed by atoms with E-state index in [0.717, 1.165) is 31.5 Å². The van der Waals surface area contributed by atoms with Gasteiger partial charge in [-0.2, -0.15) is 0 Å². The molecular formula is C9H15NO2. The van der Waals surface area contributed by atoms with Gasteiger partial charge in [-0.3, -0.25) is 0 Å². The van der Waals surface area contributed by atoms with Crippen molar-refractivity contribution in [1.29, 1.82) is 0 Å². The van der Waals surface area contributed by atoms with Gasteiger partial charge in [0.15, 0.2) is 0 Å². The van der Waals surface area contributed by atoms with Crippen molar-refractivity contribution < 1.29 is 9.53 Å². The smallest absolute Gasteiger partial charge is 0.335 e. The number of hydrogen-bond acceptors (Lipinski definition) is 3. The highest BCUT2D eigenvalue weighted by Gasteiger charge is 2.16. The fourth-order valence-electron chi connectivity index (χ4n) is 1.03. The van der Waals surface area contributed by atoms with Crippen LogP contribution in [0.2, 0.25) is 0 Å². The van der Waals surface area contributed by atoms with Crippen molar-refractivity contribution in [1.82, 2.24) is 4.90 Å². The molecule has 0 amide bonds. The minimum atomic E-state index is -0.191. The quantitative estimate of drug-likeness (QED) is 0.359. The van der Waals surface area contributed by atoms with E-state index < -0.39 is 0 Å². The Morgan fingerprint density at radius 3 is 2.67 bits per heavy atom. The number of hydrogen-bond donors (Lipinski definition) is 0. The molecular weight excluding hydrogens is 154 g/mol. The Bertz CT molecular complexity index is 195. The number of carbonyl (C=O) groups is 1. The van der Waals surface area contributed by atoms with E-state index in [-0.39, 0.29) is 5.97 Å².